The van der Waals surface area contributed by atoms with Crippen LogP contribution in [0.3, 0.4) is 0 Å². The molecule has 0 radical (unpaired) electrons. The third-order valence-electron chi connectivity index (χ3n) is 4.34. The number of piperidine rings is 1. The minimum absolute atomic E-state index is 0.616. The number of benzene rings is 1. The largest absolute Gasteiger partial charge is 0.371 e. The zero-order valence-corrected chi connectivity index (χ0v) is 11.1. The van der Waals surface area contributed by atoms with Gasteiger partial charge >= 0.3 is 0 Å². The van der Waals surface area contributed by atoms with Gasteiger partial charge in [0.15, 0.2) is 0 Å². The molecule has 2 saturated heterocycles. The number of halogens is 1. The van der Waals surface area contributed by atoms with Gasteiger partial charge in [0.2, 0.25) is 0 Å². The van der Waals surface area contributed by atoms with E-state index in [0.717, 1.165) is 10.6 Å². The second kappa shape index (κ2) is 4.18. The Kier molecular flexibility index (Phi) is 2.80. The van der Waals surface area contributed by atoms with Crippen LogP contribution in [0.5, 0.6) is 0 Å². The van der Waals surface area contributed by atoms with Gasteiger partial charge in [-0.3, -0.25) is 0 Å². The highest BCUT2D eigenvalue weighted by atomic mass is 35.5. The number of anilines is 1. The second-order valence-electron chi connectivity index (χ2n) is 5.52. The highest BCUT2D eigenvalue weighted by Gasteiger charge is 2.39. The standard InChI is InChI=1S/C14H19ClN2/c1-11-2-3-12(8-13(11)15)17-6-4-14(5-7-17)9-16-10-14/h2-3,8,16H,4-7,9-10H2,1H3. The summed E-state index contributed by atoms with van der Waals surface area (Å²) in [6.07, 6.45) is 2.62. The summed E-state index contributed by atoms with van der Waals surface area (Å²) in [7, 11) is 0. The Labute approximate surface area is 108 Å². The summed E-state index contributed by atoms with van der Waals surface area (Å²) in [6.45, 7) is 6.82. The maximum atomic E-state index is 6.19. The van der Waals surface area contributed by atoms with E-state index in [1.54, 1.807) is 0 Å². The summed E-state index contributed by atoms with van der Waals surface area (Å²) in [5, 5.41) is 4.29. The van der Waals surface area contributed by atoms with E-state index in [1.165, 1.54) is 44.7 Å². The zero-order valence-electron chi connectivity index (χ0n) is 10.3. The minimum Gasteiger partial charge on any atom is -0.371 e. The molecule has 2 aliphatic heterocycles. The molecule has 17 heavy (non-hydrogen) atoms. The Morgan fingerprint density at radius 1 is 1.24 bits per heavy atom. The van der Waals surface area contributed by atoms with Crippen molar-refractivity contribution in [3.63, 3.8) is 0 Å². The van der Waals surface area contributed by atoms with E-state index in [1.807, 2.05) is 0 Å². The van der Waals surface area contributed by atoms with Crippen molar-refractivity contribution >= 4 is 17.3 Å². The lowest BCUT2D eigenvalue weighted by atomic mass is 9.73. The van der Waals surface area contributed by atoms with E-state index < -0.39 is 0 Å². The number of aryl methyl sites for hydroxylation is 1. The summed E-state index contributed by atoms with van der Waals surface area (Å²) in [4.78, 5) is 2.47. The summed E-state index contributed by atoms with van der Waals surface area (Å²) >= 11 is 6.19. The molecule has 0 bridgehead atoms. The SMILES string of the molecule is Cc1ccc(N2CCC3(CC2)CNC3)cc1Cl. The molecule has 2 aliphatic rings. The van der Waals surface area contributed by atoms with Gasteiger partial charge in [-0.2, -0.15) is 0 Å². The fourth-order valence-corrected chi connectivity index (χ4v) is 3.02. The van der Waals surface area contributed by atoms with Gasteiger partial charge in [-0.15, -0.1) is 0 Å². The average Bonchev–Trinajstić information content (AvgIpc) is 2.31. The summed E-state index contributed by atoms with van der Waals surface area (Å²) < 4.78 is 0. The molecule has 1 N–H and O–H groups in total. The van der Waals surface area contributed by atoms with E-state index in [9.17, 15) is 0 Å². The molecule has 0 aliphatic carbocycles. The maximum Gasteiger partial charge on any atom is 0.0455 e. The van der Waals surface area contributed by atoms with Crippen LogP contribution in [-0.4, -0.2) is 26.2 Å². The van der Waals surface area contributed by atoms with Crippen LogP contribution >= 0.6 is 11.6 Å². The molecular weight excluding hydrogens is 232 g/mol. The molecule has 92 valence electrons. The summed E-state index contributed by atoms with van der Waals surface area (Å²) in [5.74, 6) is 0. The highest BCUT2D eigenvalue weighted by molar-refractivity contribution is 6.31. The molecule has 0 amide bonds. The van der Waals surface area contributed by atoms with Gasteiger partial charge in [0, 0.05) is 36.9 Å². The number of rotatable bonds is 1. The molecule has 2 heterocycles. The first-order valence-electron chi connectivity index (χ1n) is 6.40. The van der Waals surface area contributed by atoms with Crippen molar-refractivity contribution in [2.24, 2.45) is 5.41 Å². The molecule has 1 aromatic carbocycles. The number of nitrogens with one attached hydrogen (secondary N) is 1. The Balaban J connectivity index is 1.71. The molecule has 2 nitrogen and oxygen atoms in total. The lowest BCUT2D eigenvalue weighted by molar-refractivity contribution is 0.126. The maximum absolute atomic E-state index is 6.19. The van der Waals surface area contributed by atoms with E-state index in [2.05, 4.69) is 35.3 Å². The van der Waals surface area contributed by atoms with Crippen LogP contribution in [0.4, 0.5) is 5.69 Å². The van der Waals surface area contributed by atoms with Crippen molar-refractivity contribution < 1.29 is 0 Å². The Morgan fingerprint density at radius 3 is 2.47 bits per heavy atom. The molecule has 0 aromatic heterocycles. The van der Waals surface area contributed by atoms with Gasteiger partial charge in [-0.25, -0.2) is 0 Å². The fraction of sp³-hybridized carbons (Fsp3) is 0.571. The van der Waals surface area contributed by atoms with Crippen molar-refractivity contribution in [2.75, 3.05) is 31.1 Å². The minimum atomic E-state index is 0.616. The van der Waals surface area contributed by atoms with Crippen LogP contribution in [0.2, 0.25) is 5.02 Å². The first-order valence-corrected chi connectivity index (χ1v) is 6.78. The zero-order chi connectivity index (χ0) is 11.9. The molecule has 0 unspecified atom stereocenters. The van der Waals surface area contributed by atoms with Crippen molar-refractivity contribution in [2.45, 2.75) is 19.8 Å². The Morgan fingerprint density at radius 2 is 1.94 bits per heavy atom. The molecule has 1 aromatic rings. The molecule has 3 heteroatoms. The van der Waals surface area contributed by atoms with E-state index >= 15 is 0 Å². The third-order valence-corrected chi connectivity index (χ3v) is 4.75. The van der Waals surface area contributed by atoms with E-state index in [4.69, 9.17) is 11.6 Å². The van der Waals surface area contributed by atoms with E-state index in [-0.39, 0.29) is 0 Å². The average molecular weight is 251 g/mol. The summed E-state index contributed by atoms with van der Waals surface area (Å²) in [6, 6.07) is 6.42. The lowest BCUT2D eigenvalue weighted by Gasteiger charge is -2.49. The second-order valence-corrected chi connectivity index (χ2v) is 5.93. The van der Waals surface area contributed by atoms with Gasteiger partial charge in [-0.1, -0.05) is 17.7 Å². The predicted octanol–water partition coefficient (Wildman–Crippen LogP) is 2.84. The molecule has 0 saturated carbocycles. The van der Waals surface area contributed by atoms with Crippen LogP contribution in [0.1, 0.15) is 18.4 Å². The van der Waals surface area contributed by atoms with Crippen molar-refractivity contribution in [1.29, 1.82) is 0 Å². The smallest absolute Gasteiger partial charge is 0.0455 e. The molecular formula is C14H19ClN2. The van der Waals surface area contributed by atoms with Gasteiger partial charge in [0.25, 0.3) is 0 Å². The van der Waals surface area contributed by atoms with Crippen molar-refractivity contribution in [1.82, 2.24) is 5.32 Å². The first kappa shape index (κ1) is 11.4. The van der Waals surface area contributed by atoms with Gasteiger partial charge in [0.1, 0.15) is 0 Å². The lowest BCUT2D eigenvalue weighted by Crippen LogP contribution is -2.58. The third kappa shape index (κ3) is 2.04. The molecule has 1 spiro atoms. The predicted molar refractivity (Wildman–Crippen MR) is 72.9 cm³/mol. The van der Waals surface area contributed by atoms with Gasteiger partial charge < -0.3 is 10.2 Å². The Bertz CT molecular complexity index is 416. The van der Waals surface area contributed by atoms with Crippen LogP contribution in [0, 0.1) is 12.3 Å². The van der Waals surface area contributed by atoms with Crippen molar-refractivity contribution in [3.05, 3.63) is 28.8 Å². The van der Waals surface area contributed by atoms with Crippen LogP contribution in [-0.2, 0) is 0 Å². The monoisotopic (exact) mass is 250 g/mol. The number of hydrogen-bond acceptors (Lipinski definition) is 2. The van der Waals surface area contributed by atoms with E-state index in [0.29, 0.717) is 5.41 Å². The summed E-state index contributed by atoms with van der Waals surface area (Å²) in [5.41, 5.74) is 3.06. The quantitative estimate of drug-likeness (QED) is 0.825. The van der Waals surface area contributed by atoms with Gasteiger partial charge in [-0.05, 0) is 42.9 Å². The highest BCUT2D eigenvalue weighted by Crippen LogP contribution is 2.37. The van der Waals surface area contributed by atoms with Gasteiger partial charge in [0.05, 0.1) is 0 Å². The van der Waals surface area contributed by atoms with Crippen molar-refractivity contribution in [3.8, 4) is 0 Å². The fourth-order valence-electron chi connectivity index (χ4n) is 2.85. The van der Waals surface area contributed by atoms with Crippen LogP contribution in [0.15, 0.2) is 18.2 Å². The van der Waals surface area contributed by atoms with Crippen LogP contribution in [0.25, 0.3) is 0 Å². The normalized spacial score (nSPS) is 22.6. The number of hydrogen-bond donors (Lipinski definition) is 1. The molecule has 2 fully saturated rings. The molecule has 3 rings (SSSR count). The Hall–Kier alpha value is -0.730. The topological polar surface area (TPSA) is 15.3 Å². The molecule has 0 atom stereocenters. The number of nitrogens with zero attached hydrogens (tertiary/aromatic N) is 1. The van der Waals surface area contributed by atoms with Crippen LogP contribution < -0.4 is 10.2 Å². The first-order chi connectivity index (χ1) is 8.19.